The van der Waals surface area contributed by atoms with Gasteiger partial charge in [0.1, 0.15) is 5.82 Å². The van der Waals surface area contributed by atoms with Crippen LogP contribution in [0.25, 0.3) is 0 Å². The zero-order valence-corrected chi connectivity index (χ0v) is 5.55. The van der Waals surface area contributed by atoms with E-state index >= 15 is 0 Å². The van der Waals surface area contributed by atoms with E-state index in [0.717, 1.165) is 0 Å². The first-order chi connectivity index (χ1) is 4.18. The van der Waals surface area contributed by atoms with Crippen molar-refractivity contribution >= 4 is 25.2 Å². The number of aryl methyl sites for hydroxylation is 1. The van der Waals surface area contributed by atoms with Crippen LogP contribution >= 0.6 is 11.6 Å². The lowest BCUT2D eigenvalue weighted by molar-refractivity contribution is 1.01. The Balaban J connectivity index is 3.17. The molecule has 0 atom stereocenters. The Morgan fingerprint density at radius 1 is 1.33 bits per heavy atom. The summed E-state index contributed by atoms with van der Waals surface area (Å²) in [7, 11) is 5.21. The van der Waals surface area contributed by atoms with Crippen molar-refractivity contribution in [1.82, 2.24) is 15.0 Å². The summed E-state index contributed by atoms with van der Waals surface area (Å²) in [5.41, 5.74) is 0.160. The summed E-state index contributed by atoms with van der Waals surface area (Å²) in [6.07, 6.45) is 0. The van der Waals surface area contributed by atoms with Crippen LogP contribution < -0.4 is 5.72 Å². The maximum absolute atomic E-state index is 5.41. The molecule has 1 aromatic rings. The highest BCUT2D eigenvalue weighted by atomic mass is 35.5. The van der Waals surface area contributed by atoms with Crippen molar-refractivity contribution in [3.63, 3.8) is 0 Å². The summed E-state index contributed by atoms with van der Waals surface area (Å²) in [6, 6.07) is 0. The molecule has 1 aromatic heterocycles. The number of aromatic nitrogens is 3. The van der Waals surface area contributed by atoms with E-state index in [1.54, 1.807) is 6.92 Å². The van der Waals surface area contributed by atoms with E-state index < -0.39 is 0 Å². The van der Waals surface area contributed by atoms with Gasteiger partial charge in [-0.15, -0.1) is 0 Å². The summed E-state index contributed by atoms with van der Waals surface area (Å²) in [6.45, 7) is 1.70. The van der Waals surface area contributed by atoms with Gasteiger partial charge in [0.2, 0.25) is 5.28 Å². The summed E-state index contributed by atoms with van der Waals surface area (Å²) in [5.74, 6) is 0.535. The van der Waals surface area contributed by atoms with Gasteiger partial charge in [0, 0.05) is 0 Å². The molecule has 1 heterocycles. The smallest absolute Gasteiger partial charge is 0.224 e. The van der Waals surface area contributed by atoms with Crippen LogP contribution in [0.1, 0.15) is 5.82 Å². The highest BCUT2D eigenvalue weighted by Gasteiger charge is 1.93. The Bertz CT molecular complexity index is 177. The van der Waals surface area contributed by atoms with Gasteiger partial charge in [0.25, 0.3) is 0 Å². The van der Waals surface area contributed by atoms with Crippen LogP contribution in [0.2, 0.25) is 5.28 Å². The Morgan fingerprint density at radius 2 is 2.00 bits per heavy atom. The Morgan fingerprint density at radius 3 is 2.44 bits per heavy atom. The predicted molar refractivity (Wildman–Crippen MR) is 35.0 cm³/mol. The third-order valence-corrected chi connectivity index (χ3v) is 0.906. The molecule has 0 amide bonds. The van der Waals surface area contributed by atoms with E-state index in [-0.39, 0.29) is 11.0 Å². The highest BCUT2D eigenvalue weighted by Crippen LogP contribution is 1.93. The predicted octanol–water partition coefficient (Wildman–Crippen LogP) is -0.373. The van der Waals surface area contributed by atoms with Crippen molar-refractivity contribution in [2.45, 2.75) is 6.92 Å². The maximum Gasteiger partial charge on any atom is 0.224 e. The monoisotopic (exact) mass is 139 g/mol. The quantitative estimate of drug-likeness (QED) is 0.460. The van der Waals surface area contributed by atoms with Crippen LogP contribution in [0.15, 0.2) is 0 Å². The molecule has 0 bridgehead atoms. The Labute approximate surface area is 58.9 Å². The summed E-state index contributed by atoms with van der Waals surface area (Å²) in [4.78, 5) is 11.0. The second-order valence-electron chi connectivity index (χ2n) is 1.51. The number of nitrogens with zero attached hydrogens (tertiary/aromatic N) is 3. The molecular formula is C4H3BClN3. The highest BCUT2D eigenvalue weighted by molar-refractivity contribution is 6.31. The van der Waals surface area contributed by atoms with Gasteiger partial charge in [-0.2, -0.15) is 0 Å². The van der Waals surface area contributed by atoms with E-state index in [0.29, 0.717) is 5.82 Å². The van der Waals surface area contributed by atoms with E-state index in [1.807, 2.05) is 0 Å². The standard InChI is InChI=1S/C4H3BClN3/c1-2-7-3(5)9-4(6)8-2/h1H3. The normalized spacial score (nSPS) is 9.56. The summed E-state index contributed by atoms with van der Waals surface area (Å²) < 4.78 is 0. The summed E-state index contributed by atoms with van der Waals surface area (Å²) >= 11 is 5.41. The molecule has 0 aromatic carbocycles. The minimum atomic E-state index is 0.139. The van der Waals surface area contributed by atoms with Crippen LogP contribution in [0.4, 0.5) is 0 Å². The zero-order chi connectivity index (χ0) is 6.85. The molecule has 1 rings (SSSR count). The molecule has 0 spiro atoms. The average molecular weight is 139 g/mol. The maximum atomic E-state index is 5.41. The molecule has 9 heavy (non-hydrogen) atoms. The minimum absolute atomic E-state index is 0.139. The van der Waals surface area contributed by atoms with Crippen molar-refractivity contribution in [1.29, 1.82) is 0 Å². The molecule has 44 valence electrons. The van der Waals surface area contributed by atoms with Gasteiger partial charge >= 0.3 is 0 Å². The van der Waals surface area contributed by atoms with E-state index in [9.17, 15) is 0 Å². The third-order valence-electron chi connectivity index (χ3n) is 0.737. The van der Waals surface area contributed by atoms with E-state index in [2.05, 4.69) is 15.0 Å². The second-order valence-corrected chi connectivity index (χ2v) is 1.85. The number of hydrogen-bond acceptors (Lipinski definition) is 3. The Kier molecular flexibility index (Phi) is 1.66. The molecule has 0 N–H and O–H groups in total. The number of hydrogen-bond donors (Lipinski definition) is 0. The molecule has 3 nitrogen and oxygen atoms in total. The van der Waals surface area contributed by atoms with Gasteiger partial charge in [-0.25, -0.2) is 15.0 Å². The molecule has 0 aliphatic heterocycles. The first-order valence-corrected chi connectivity index (χ1v) is 2.70. The Hall–Kier alpha value is -0.635. The summed E-state index contributed by atoms with van der Waals surface area (Å²) in [5, 5.41) is 0.139. The van der Waals surface area contributed by atoms with Crippen LogP contribution in [0, 0.1) is 6.92 Å². The van der Waals surface area contributed by atoms with Crippen LogP contribution in [0.3, 0.4) is 0 Å². The van der Waals surface area contributed by atoms with Crippen molar-refractivity contribution in [2.75, 3.05) is 0 Å². The minimum Gasteiger partial charge on any atom is -0.231 e. The van der Waals surface area contributed by atoms with Crippen molar-refractivity contribution in [3.8, 4) is 0 Å². The number of rotatable bonds is 0. The largest absolute Gasteiger partial charge is 0.231 e. The van der Waals surface area contributed by atoms with Crippen LogP contribution in [-0.4, -0.2) is 22.8 Å². The lowest BCUT2D eigenvalue weighted by atomic mass is 10.1. The van der Waals surface area contributed by atoms with Gasteiger partial charge in [0.15, 0.2) is 7.85 Å². The molecule has 0 fully saturated rings. The molecule has 0 unspecified atom stereocenters. The molecule has 0 saturated carbocycles. The van der Waals surface area contributed by atoms with Crippen LogP contribution in [-0.2, 0) is 0 Å². The van der Waals surface area contributed by atoms with E-state index in [1.165, 1.54) is 0 Å². The topological polar surface area (TPSA) is 38.7 Å². The fourth-order valence-electron chi connectivity index (χ4n) is 0.469. The molecule has 2 radical (unpaired) electrons. The fraction of sp³-hybridized carbons (Fsp3) is 0.250. The van der Waals surface area contributed by atoms with Crippen molar-refractivity contribution < 1.29 is 0 Å². The van der Waals surface area contributed by atoms with Gasteiger partial charge in [-0.1, -0.05) is 0 Å². The molecular weight excluding hydrogens is 136 g/mol. The molecule has 0 aliphatic carbocycles. The molecule has 0 aliphatic rings. The van der Waals surface area contributed by atoms with Gasteiger partial charge in [-0.3, -0.25) is 0 Å². The second kappa shape index (κ2) is 2.31. The molecule has 5 heteroatoms. The first kappa shape index (κ1) is 6.48. The zero-order valence-electron chi connectivity index (χ0n) is 4.80. The lowest BCUT2D eigenvalue weighted by Gasteiger charge is -1.93. The van der Waals surface area contributed by atoms with Crippen molar-refractivity contribution in [3.05, 3.63) is 11.1 Å². The molecule has 0 saturated heterocycles. The number of halogens is 1. The fourth-order valence-corrected chi connectivity index (χ4v) is 0.678. The van der Waals surface area contributed by atoms with E-state index in [4.69, 9.17) is 19.4 Å². The SMILES string of the molecule is [B]c1nc(C)nc(Cl)n1. The van der Waals surface area contributed by atoms with Crippen LogP contribution in [0.5, 0.6) is 0 Å². The van der Waals surface area contributed by atoms with Gasteiger partial charge in [-0.05, 0) is 18.5 Å². The average Bonchev–Trinajstić information content (AvgIpc) is 1.59. The van der Waals surface area contributed by atoms with Gasteiger partial charge in [0.05, 0.1) is 5.72 Å². The third kappa shape index (κ3) is 1.64. The first-order valence-electron chi connectivity index (χ1n) is 2.32. The van der Waals surface area contributed by atoms with Crippen molar-refractivity contribution in [2.24, 2.45) is 0 Å². The lowest BCUT2D eigenvalue weighted by Crippen LogP contribution is -2.15. The van der Waals surface area contributed by atoms with Gasteiger partial charge < -0.3 is 0 Å².